The van der Waals surface area contributed by atoms with Crippen LogP contribution in [0.25, 0.3) is 0 Å². The first-order valence-corrected chi connectivity index (χ1v) is 12.5. The topological polar surface area (TPSA) is 75.2 Å². The molecule has 28 heavy (non-hydrogen) atoms. The Balaban J connectivity index is 1.46. The van der Waals surface area contributed by atoms with Gasteiger partial charge in [0.25, 0.3) is 0 Å². The molecule has 1 aromatic carbocycles. The fraction of sp³-hybridized carbons (Fsp3) is 0.600. The standard InChI is InChI=1S/C20H30N4O2S2/c1-3-4-13-28(25,26)21-15-18-9-11-24(12-10-18)20-22-19(23-27-20)14-17-7-5-16(2)6-8-17/h5-8,18,21H,3-4,9-15H2,1-2H3. The van der Waals surface area contributed by atoms with Crippen molar-refractivity contribution in [3.8, 4) is 0 Å². The summed E-state index contributed by atoms with van der Waals surface area (Å²) >= 11 is 1.46. The van der Waals surface area contributed by atoms with Gasteiger partial charge in [-0.25, -0.2) is 18.1 Å². The number of rotatable bonds is 9. The van der Waals surface area contributed by atoms with Crippen LogP contribution in [0, 0.1) is 12.8 Å². The van der Waals surface area contributed by atoms with E-state index in [2.05, 4.69) is 45.2 Å². The Morgan fingerprint density at radius 3 is 2.61 bits per heavy atom. The fourth-order valence-corrected chi connectivity index (χ4v) is 5.35. The van der Waals surface area contributed by atoms with Gasteiger partial charge in [0.2, 0.25) is 15.2 Å². The molecule has 1 aromatic heterocycles. The highest BCUT2D eigenvalue weighted by Crippen LogP contribution is 2.25. The molecule has 1 aliphatic heterocycles. The van der Waals surface area contributed by atoms with Crippen molar-refractivity contribution in [1.29, 1.82) is 0 Å². The van der Waals surface area contributed by atoms with Crippen molar-refractivity contribution in [1.82, 2.24) is 14.1 Å². The molecule has 2 aromatic rings. The third-order valence-electron chi connectivity index (χ3n) is 5.18. The van der Waals surface area contributed by atoms with Gasteiger partial charge in [0.1, 0.15) is 5.82 Å². The number of aromatic nitrogens is 2. The Kier molecular flexibility index (Phi) is 7.42. The highest BCUT2D eigenvalue weighted by molar-refractivity contribution is 7.89. The maximum absolute atomic E-state index is 12.0. The molecular weight excluding hydrogens is 392 g/mol. The monoisotopic (exact) mass is 422 g/mol. The van der Waals surface area contributed by atoms with Gasteiger partial charge in [-0.15, -0.1) is 0 Å². The second-order valence-electron chi connectivity index (χ2n) is 7.61. The van der Waals surface area contributed by atoms with Crippen LogP contribution in [0.2, 0.25) is 0 Å². The third-order valence-corrected chi connectivity index (χ3v) is 7.43. The molecule has 154 valence electrons. The van der Waals surface area contributed by atoms with E-state index < -0.39 is 10.0 Å². The molecule has 8 heteroatoms. The molecule has 1 aliphatic rings. The van der Waals surface area contributed by atoms with Crippen LogP contribution >= 0.6 is 11.5 Å². The van der Waals surface area contributed by atoms with Gasteiger partial charge in [0.15, 0.2) is 0 Å². The van der Waals surface area contributed by atoms with Crippen LogP contribution in [0.1, 0.15) is 49.6 Å². The molecule has 6 nitrogen and oxygen atoms in total. The van der Waals surface area contributed by atoms with E-state index in [1.165, 1.54) is 22.7 Å². The molecule has 0 aliphatic carbocycles. The number of benzene rings is 1. The Morgan fingerprint density at radius 1 is 1.21 bits per heavy atom. The highest BCUT2D eigenvalue weighted by atomic mass is 32.2. The van der Waals surface area contributed by atoms with Gasteiger partial charge >= 0.3 is 0 Å². The zero-order chi connectivity index (χ0) is 20.0. The van der Waals surface area contributed by atoms with E-state index in [-0.39, 0.29) is 5.75 Å². The molecule has 2 heterocycles. The van der Waals surface area contributed by atoms with Crippen molar-refractivity contribution in [2.45, 2.75) is 46.0 Å². The number of hydrogen-bond donors (Lipinski definition) is 1. The van der Waals surface area contributed by atoms with Gasteiger partial charge in [-0.1, -0.05) is 43.2 Å². The number of hydrogen-bond acceptors (Lipinski definition) is 6. The lowest BCUT2D eigenvalue weighted by Gasteiger charge is -2.31. The van der Waals surface area contributed by atoms with Gasteiger partial charge in [-0.05, 0) is 37.7 Å². The summed E-state index contributed by atoms with van der Waals surface area (Å²) in [5, 5.41) is 0.976. The summed E-state index contributed by atoms with van der Waals surface area (Å²) in [7, 11) is -3.12. The van der Waals surface area contributed by atoms with Crippen LogP contribution in [0.5, 0.6) is 0 Å². The first kappa shape index (κ1) is 21.2. The van der Waals surface area contributed by atoms with E-state index in [1.54, 1.807) is 0 Å². The van der Waals surface area contributed by atoms with Crippen LogP contribution in [-0.2, 0) is 16.4 Å². The van der Waals surface area contributed by atoms with Gasteiger partial charge in [-0.2, -0.15) is 4.37 Å². The molecule has 0 bridgehead atoms. The summed E-state index contributed by atoms with van der Waals surface area (Å²) in [6.07, 6.45) is 4.32. The largest absolute Gasteiger partial charge is 0.347 e. The van der Waals surface area contributed by atoms with Crippen molar-refractivity contribution in [3.63, 3.8) is 0 Å². The highest BCUT2D eigenvalue weighted by Gasteiger charge is 2.23. The average molecular weight is 423 g/mol. The van der Waals surface area contributed by atoms with E-state index in [9.17, 15) is 8.42 Å². The lowest BCUT2D eigenvalue weighted by Crippen LogP contribution is -2.39. The Labute approximate surface area is 172 Å². The quantitative estimate of drug-likeness (QED) is 0.670. The van der Waals surface area contributed by atoms with Gasteiger partial charge in [0.05, 0.1) is 5.75 Å². The van der Waals surface area contributed by atoms with Crippen LogP contribution in [0.4, 0.5) is 5.13 Å². The van der Waals surface area contributed by atoms with Crippen LogP contribution in [-0.4, -0.2) is 43.2 Å². The van der Waals surface area contributed by atoms with Crippen LogP contribution in [0.3, 0.4) is 0 Å². The van der Waals surface area contributed by atoms with E-state index in [0.717, 1.165) is 56.1 Å². The first-order valence-electron chi connectivity index (χ1n) is 10.1. The fourth-order valence-electron chi connectivity index (χ4n) is 3.31. The van der Waals surface area contributed by atoms with Crippen LogP contribution < -0.4 is 9.62 Å². The molecule has 3 rings (SSSR count). The second-order valence-corrected chi connectivity index (χ2v) is 10.3. The molecule has 0 spiro atoms. The molecule has 1 saturated heterocycles. The predicted octanol–water partition coefficient (Wildman–Crippen LogP) is 3.37. The average Bonchev–Trinajstić information content (AvgIpc) is 3.16. The second kappa shape index (κ2) is 9.80. The van der Waals surface area contributed by atoms with Crippen molar-refractivity contribution < 1.29 is 8.42 Å². The summed E-state index contributed by atoms with van der Waals surface area (Å²) in [4.78, 5) is 6.99. The third kappa shape index (κ3) is 6.25. The smallest absolute Gasteiger partial charge is 0.211 e. The molecule has 0 amide bonds. The Bertz CT molecular complexity index is 841. The van der Waals surface area contributed by atoms with Gasteiger partial charge in [-0.3, -0.25) is 0 Å². The number of sulfonamides is 1. The number of aryl methyl sites for hydroxylation is 1. The van der Waals surface area contributed by atoms with Crippen molar-refractivity contribution >= 4 is 26.7 Å². The SMILES string of the molecule is CCCCS(=O)(=O)NCC1CCN(c2nc(Cc3ccc(C)cc3)ns2)CC1. The van der Waals surface area contributed by atoms with Crippen molar-refractivity contribution in [2.24, 2.45) is 5.92 Å². The minimum Gasteiger partial charge on any atom is -0.347 e. The molecule has 0 unspecified atom stereocenters. The van der Waals surface area contributed by atoms with Crippen molar-refractivity contribution in [3.05, 3.63) is 41.2 Å². The maximum atomic E-state index is 12.0. The van der Waals surface area contributed by atoms with Gasteiger partial charge < -0.3 is 4.90 Å². The van der Waals surface area contributed by atoms with E-state index >= 15 is 0 Å². The number of unbranched alkanes of at least 4 members (excludes halogenated alkanes) is 1. The van der Waals surface area contributed by atoms with Crippen molar-refractivity contribution in [2.75, 3.05) is 30.3 Å². The Hall–Kier alpha value is -1.51. The summed E-state index contributed by atoms with van der Waals surface area (Å²) < 4.78 is 31.2. The number of piperidine rings is 1. The molecule has 1 fully saturated rings. The van der Waals surface area contributed by atoms with Gasteiger partial charge in [0, 0.05) is 37.6 Å². The lowest BCUT2D eigenvalue weighted by molar-refractivity contribution is 0.401. The lowest BCUT2D eigenvalue weighted by atomic mass is 9.97. The van der Waals surface area contributed by atoms with Crippen LogP contribution in [0.15, 0.2) is 24.3 Å². The molecule has 0 saturated carbocycles. The molecular formula is C20H30N4O2S2. The van der Waals surface area contributed by atoms with E-state index in [0.29, 0.717) is 12.5 Å². The first-order chi connectivity index (χ1) is 13.4. The minimum absolute atomic E-state index is 0.233. The van der Waals surface area contributed by atoms with E-state index in [4.69, 9.17) is 4.98 Å². The normalized spacial score (nSPS) is 15.9. The zero-order valence-electron chi connectivity index (χ0n) is 16.7. The summed E-state index contributed by atoms with van der Waals surface area (Å²) in [5.74, 6) is 1.50. The summed E-state index contributed by atoms with van der Waals surface area (Å²) in [6.45, 7) is 6.45. The molecule has 1 N–H and O–H groups in total. The summed E-state index contributed by atoms with van der Waals surface area (Å²) in [6, 6.07) is 8.49. The predicted molar refractivity (Wildman–Crippen MR) is 116 cm³/mol. The number of nitrogens with one attached hydrogen (secondary N) is 1. The summed E-state index contributed by atoms with van der Waals surface area (Å²) in [5.41, 5.74) is 2.48. The minimum atomic E-state index is -3.12. The Morgan fingerprint density at radius 2 is 1.93 bits per heavy atom. The zero-order valence-corrected chi connectivity index (χ0v) is 18.4. The number of anilines is 1. The van der Waals surface area contributed by atoms with E-state index in [1.807, 2.05) is 6.92 Å². The molecule has 0 atom stereocenters. The maximum Gasteiger partial charge on any atom is 0.211 e. The number of nitrogens with zero attached hydrogens (tertiary/aromatic N) is 3. The molecule has 0 radical (unpaired) electrons.